The molecule has 94 valence electrons. The highest BCUT2D eigenvalue weighted by Crippen LogP contribution is 2.28. The van der Waals surface area contributed by atoms with Gasteiger partial charge in [-0.1, -0.05) is 13.8 Å². The maximum absolute atomic E-state index is 12.1. The predicted molar refractivity (Wildman–Crippen MR) is 67.7 cm³/mol. The van der Waals surface area contributed by atoms with Gasteiger partial charge in [0.15, 0.2) is 0 Å². The van der Waals surface area contributed by atoms with Crippen molar-refractivity contribution < 1.29 is 4.79 Å². The molecule has 2 heterocycles. The van der Waals surface area contributed by atoms with E-state index in [-0.39, 0.29) is 18.3 Å². The summed E-state index contributed by atoms with van der Waals surface area (Å²) in [6.07, 6.45) is 1.97. The number of halogens is 1. The Morgan fingerprint density at radius 1 is 1.25 bits per heavy atom. The quantitative estimate of drug-likeness (QED) is 0.819. The molecule has 1 amide bonds. The van der Waals surface area contributed by atoms with Crippen LogP contribution in [0.1, 0.15) is 26.7 Å². The molecule has 0 aromatic heterocycles. The minimum atomic E-state index is 0. The van der Waals surface area contributed by atoms with Gasteiger partial charge in [-0.15, -0.1) is 12.4 Å². The maximum atomic E-state index is 12.1. The number of carbonyl (C=O) groups excluding carboxylic acids is 1. The Labute approximate surface area is 104 Å². The summed E-state index contributed by atoms with van der Waals surface area (Å²) >= 11 is 0. The van der Waals surface area contributed by atoms with E-state index >= 15 is 0 Å². The van der Waals surface area contributed by atoms with Gasteiger partial charge in [0.05, 0.1) is 0 Å². The van der Waals surface area contributed by atoms with Gasteiger partial charge in [-0.05, 0) is 24.7 Å². The molecular formula is C12H23ClN2O. The molecule has 0 saturated carbocycles. The Balaban J connectivity index is 0.00000128. The molecule has 2 aliphatic heterocycles. The number of carbonyl (C=O) groups is 1. The first-order valence-electron chi connectivity index (χ1n) is 6.25. The number of nitrogens with one attached hydrogen (secondary N) is 1. The fourth-order valence-electron chi connectivity index (χ4n) is 2.93. The average molecular weight is 247 g/mol. The predicted octanol–water partition coefficient (Wildman–Crippen LogP) is 1.52. The average Bonchev–Trinajstić information content (AvgIpc) is 2.78. The normalized spacial score (nSPS) is 28.1. The van der Waals surface area contributed by atoms with Crippen molar-refractivity contribution in [2.24, 2.45) is 17.8 Å². The molecule has 4 heteroatoms. The van der Waals surface area contributed by atoms with Crippen LogP contribution in [0.15, 0.2) is 0 Å². The third-order valence-corrected chi connectivity index (χ3v) is 4.04. The third-order valence-electron chi connectivity index (χ3n) is 4.04. The van der Waals surface area contributed by atoms with E-state index in [2.05, 4.69) is 24.1 Å². The molecule has 2 aliphatic rings. The Morgan fingerprint density at radius 2 is 1.75 bits per heavy atom. The van der Waals surface area contributed by atoms with E-state index in [1.54, 1.807) is 0 Å². The van der Waals surface area contributed by atoms with Crippen LogP contribution < -0.4 is 5.32 Å². The van der Waals surface area contributed by atoms with Crippen molar-refractivity contribution >= 4 is 18.3 Å². The van der Waals surface area contributed by atoms with Crippen LogP contribution in [-0.4, -0.2) is 37.0 Å². The lowest BCUT2D eigenvalue weighted by Gasteiger charge is -2.22. The topological polar surface area (TPSA) is 32.3 Å². The minimum absolute atomic E-state index is 0. The molecule has 2 rings (SSSR count). The highest BCUT2D eigenvalue weighted by atomic mass is 35.5. The van der Waals surface area contributed by atoms with E-state index in [9.17, 15) is 4.79 Å². The van der Waals surface area contributed by atoms with Crippen LogP contribution >= 0.6 is 12.4 Å². The van der Waals surface area contributed by atoms with E-state index < -0.39 is 0 Å². The van der Waals surface area contributed by atoms with Crippen molar-refractivity contribution in [3.63, 3.8) is 0 Å². The first-order chi connectivity index (χ1) is 7.26. The van der Waals surface area contributed by atoms with Gasteiger partial charge < -0.3 is 10.2 Å². The second-order valence-corrected chi connectivity index (χ2v) is 4.94. The van der Waals surface area contributed by atoms with E-state index in [0.29, 0.717) is 5.91 Å². The summed E-state index contributed by atoms with van der Waals surface area (Å²) in [6, 6.07) is 0. The first kappa shape index (κ1) is 13.8. The van der Waals surface area contributed by atoms with Crippen molar-refractivity contribution in [2.75, 3.05) is 26.2 Å². The lowest BCUT2D eigenvalue weighted by molar-refractivity contribution is -0.135. The standard InChI is InChI=1S/C12H22N2O.ClH/c1-3-9(4-2)12(15)14-7-10-5-13-6-11(10)8-14;/h9-11,13H,3-8H2,1-2H3;1H/t10-,11+;. The van der Waals surface area contributed by atoms with Crippen LogP contribution in [0.2, 0.25) is 0 Å². The summed E-state index contributed by atoms with van der Waals surface area (Å²) in [6.45, 7) is 8.43. The second-order valence-electron chi connectivity index (χ2n) is 4.94. The third kappa shape index (κ3) is 2.51. The van der Waals surface area contributed by atoms with Crippen molar-refractivity contribution in [2.45, 2.75) is 26.7 Å². The SMILES string of the molecule is CCC(CC)C(=O)N1C[C@H]2CNC[C@H]2C1.Cl. The van der Waals surface area contributed by atoms with Crippen molar-refractivity contribution in [3.05, 3.63) is 0 Å². The molecule has 0 aliphatic carbocycles. The molecular weight excluding hydrogens is 224 g/mol. The van der Waals surface area contributed by atoms with Crippen LogP contribution in [0, 0.1) is 17.8 Å². The number of hydrogen-bond donors (Lipinski definition) is 1. The van der Waals surface area contributed by atoms with Crippen molar-refractivity contribution in [3.8, 4) is 0 Å². The number of fused-ring (bicyclic) bond motifs is 1. The van der Waals surface area contributed by atoms with Gasteiger partial charge in [0.1, 0.15) is 0 Å². The second kappa shape index (κ2) is 5.87. The monoisotopic (exact) mass is 246 g/mol. The molecule has 0 aromatic carbocycles. The summed E-state index contributed by atoms with van der Waals surface area (Å²) < 4.78 is 0. The fourth-order valence-corrected chi connectivity index (χ4v) is 2.93. The molecule has 2 atom stereocenters. The number of likely N-dealkylation sites (tertiary alicyclic amines) is 1. The Kier molecular flexibility index (Phi) is 5.06. The Morgan fingerprint density at radius 3 is 2.19 bits per heavy atom. The maximum Gasteiger partial charge on any atom is 0.225 e. The Hall–Kier alpha value is -0.280. The summed E-state index contributed by atoms with van der Waals surface area (Å²) in [5, 5.41) is 3.40. The van der Waals surface area contributed by atoms with Crippen LogP contribution in [0.4, 0.5) is 0 Å². The summed E-state index contributed by atoms with van der Waals surface area (Å²) in [4.78, 5) is 14.2. The zero-order chi connectivity index (χ0) is 10.8. The van der Waals surface area contributed by atoms with Crippen molar-refractivity contribution in [1.82, 2.24) is 10.2 Å². The van der Waals surface area contributed by atoms with Gasteiger partial charge in [0.2, 0.25) is 5.91 Å². The van der Waals surface area contributed by atoms with E-state index in [1.165, 1.54) is 0 Å². The van der Waals surface area contributed by atoms with Crippen LogP contribution in [0.5, 0.6) is 0 Å². The van der Waals surface area contributed by atoms with Gasteiger partial charge in [-0.3, -0.25) is 4.79 Å². The summed E-state index contributed by atoms with van der Waals surface area (Å²) in [5.74, 6) is 2.11. The highest BCUT2D eigenvalue weighted by molar-refractivity contribution is 5.85. The number of rotatable bonds is 3. The zero-order valence-electron chi connectivity index (χ0n) is 10.2. The summed E-state index contributed by atoms with van der Waals surface area (Å²) in [7, 11) is 0. The highest BCUT2D eigenvalue weighted by Gasteiger charge is 2.38. The lowest BCUT2D eigenvalue weighted by atomic mass is 10.0. The summed E-state index contributed by atoms with van der Waals surface area (Å²) in [5.41, 5.74) is 0. The van der Waals surface area contributed by atoms with E-state index in [4.69, 9.17) is 0 Å². The minimum Gasteiger partial charge on any atom is -0.342 e. The first-order valence-corrected chi connectivity index (χ1v) is 6.25. The zero-order valence-corrected chi connectivity index (χ0v) is 11.1. The van der Waals surface area contributed by atoms with Crippen molar-refractivity contribution in [1.29, 1.82) is 0 Å². The van der Waals surface area contributed by atoms with Gasteiger partial charge in [-0.25, -0.2) is 0 Å². The molecule has 1 N–H and O–H groups in total. The number of nitrogens with zero attached hydrogens (tertiary/aromatic N) is 1. The van der Waals surface area contributed by atoms with Gasteiger partial charge in [0.25, 0.3) is 0 Å². The lowest BCUT2D eigenvalue weighted by Crippen LogP contribution is -2.36. The molecule has 0 unspecified atom stereocenters. The number of amides is 1. The number of hydrogen-bond acceptors (Lipinski definition) is 2. The molecule has 0 bridgehead atoms. The molecule has 2 saturated heterocycles. The van der Waals surface area contributed by atoms with E-state index in [1.807, 2.05) is 0 Å². The van der Waals surface area contributed by atoms with Gasteiger partial charge in [-0.2, -0.15) is 0 Å². The van der Waals surface area contributed by atoms with Crippen LogP contribution in [0.3, 0.4) is 0 Å². The molecule has 0 spiro atoms. The van der Waals surface area contributed by atoms with Crippen LogP contribution in [0.25, 0.3) is 0 Å². The fraction of sp³-hybridized carbons (Fsp3) is 0.917. The molecule has 16 heavy (non-hydrogen) atoms. The molecule has 2 fully saturated rings. The largest absolute Gasteiger partial charge is 0.342 e. The Bertz CT molecular complexity index is 231. The van der Waals surface area contributed by atoms with Gasteiger partial charge in [0, 0.05) is 32.1 Å². The molecule has 0 aromatic rings. The molecule has 0 radical (unpaired) electrons. The van der Waals surface area contributed by atoms with Gasteiger partial charge >= 0.3 is 0 Å². The van der Waals surface area contributed by atoms with E-state index in [0.717, 1.165) is 50.9 Å². The smallest absolute Gasteiger partial charge is 0.225 e. The molecule has 3 nitrogen and oxygen atoms in total. The van der Waals surface area contributed by atoms with Crippen LogP contribution in [-0.2, 0) is 4.79 Å².